The van der Waals surface area contributed by atoms with Gasteiger partial charge in [0, 0.05) is 22.9 Å². The van der Waals surface area contributed by atoms with Gasteiger partial charge in [0.1, 0.15) is 12.1 Å². The van der Waals surface area contributed by atoms with Gasteiger partial charge in [-0.15, -0.1) is 11.3 Å². The molecule has 0 bridgehead atoms. The van der Waals surface area contributed by atoms with Crippen molar-refractivity contribution in [3.63, 3.8) is 0 Å². The number of amides is 4. The lowest BCUT2D eigenvalue weighted by Crippen LogP contribution is -2.46. The molecule has 1 aliphatic carbocycles. The molecule has 1 aromatic heterocycles. The molecule has 4 amide bonds. The van der Waals surface area contributed by atoms with Crippen LogP contribution in [-0.4, -0.2) is 35.8 Å². The van der Waals surface area contributed by atoms with Crippen molar-refractivity contribution in [2.24, 2.45) is 0 Å². The first-order chi connectivity index (χ1) is 16.6. The van der Waals surface area contributed by atoms with Crippen LogP contribution in [0.5, 0.6) is 0 Å². The van der Waals surface area contributed by atoms with E-state index in [-0.39, 0.29) is 24.3 Å². The second kappa shape index (κ2) is 9.43. The Kier molecular flexibility index (Phi) is 6.20. The summed E-state index contributed by atoms with van der Waals surface area (Å²) < 4.78 is 0. The lowest BCUT2D eigenvalue weighted by molar-refractivity contribution is -0.135. The van der Waals surface area contributed by atoms with Gasteiger partial charge in [-0.1, -0.05) is 60.7 Å². The largest absolute Gasteiger partial charge is 0.355 e. The van der Waals surface area contributed by atoms with Gasteiger partial charge in [0.15, 0.2) is 0 Å². The zero-order valence-electron chi connectivity index (χ0n) is 18.8. The van der Waals surface area contributed by atoms with E-state index in [9.17, 15) is 14.4 Å². The van der Waals surface area contributed by atoms with Crippen molar-refractivity contribution in [3.8, 4) is 0 Å². The molecule has 5 rings (SSSR count). The fraction of sp³-hybridized carbons (Fsp3) is 0.296. The molecule has 174 valence electrons. The number of fused-ring (bicyclic) bond motifs is 2. The van der Waals surface area contributed by atoms with Crippen LogP contribution < -0.4 is 10.6 Å². The minimum atomic E-state index is -1.02. The molecular weight excluding hydrogens is 446 g/mol. The molecule has 6 nitrogen and oxygen atoms in total. The van der Waals surface area contributed by atoms with Crippen LogP contribution in [0, 0.1) is 0 Å². The molecule has 0 saturated carbocycles. The molecule has 34 heavy (non-hydrogen) atoms. The van der Waals surface area contributed by atoms with E-state index in [0.29, 0.717) is 19.4 Å². The van der Waals surface area contributed by atoms with Gasteiger partial charge in [0.25, 0.3) is 5.91 Å². The number of nitrogens with zero attached hydrogens (tertiary/aromatic N) is 1. The number of thiophene rings is 1. The monoisotopic (exact) mass is 473 g/mol. The molecule has 3 aromatic rings. The highest BCUT2D eigenvalue weighted by Crippen LogP contribution is 2.42. The number of carbonyl (C=O) groups excluding carboxylic acids is 3. The lowest BCUT2D eigenvalue weighted by atomic mass is 9.80. The number of hydrogen-bond acceptors (Lipinski definition) is 4. The van der Waals surface area contributed by atoms with Gasteiger partial charge in [-0.2, -0.15) is 0 Å². The van der Waals surface area contributed by atoms with Crippen LogP contribution in [0.2, 0.25) is 0 Å². The first-order valence-electron chi connectivity index (χ1n) is 11.7. The number of imide groups is 1. The average Bonchev–Trinajstić information content (AvgIpc) is 3.43. The maximum Gasteiger partial charge on any atom is 0.325 e. The van der Waals surface area contributed by atoms with Crippen LogP contribution >= 0.6 is 11.3 Å². The van der Waals surface area contributed by atoms with Gasteiger partial charge in [-0.3, -0.25) is 14.5 Å². The molecule has 1 fully saturated rings. The summed E-state index contributed by atoms with van der Waals surface area (Å²) >= 11 is 1.61. The van der Waals surface area contributed by atoms with E-state index >= 15 is 0 Å². The normalized spacial score (nSPS) is 19.4. The first-order valence-corrected chi connectivity index (χ1v) is 12.5. The summed E-state index contributed by atoms with van der Waals surface area (Å²) in [5.74, 6) is -0.512. The summed E-state index contributed by atoms with van der Waals surface area (Å²) in [7, 11) is 0. The minimum Gasteiger partial charge on any atom is -0.355 e. The number of urea groups is 1. The predicted octanol–water partition coefficient (Wildman–Crippen LogP) is 4.17. The predicted molar refractivity (Wildman–Crippen MR) is 132 cm³/mol. The first kappa shape index (κ1) is 22.3. The number of nitrogens with one attached hydrogen (secondary N) is 2. The molecule has 2 aromatic carbocycles. The Morgan fingerprint density at radius 2 is 1.71 bits per heavy atom. The summed E-state index contributed by atoms with van der Waals surface area (Å²) in [6.07, 6.45) is 3.03. The van der Waals surface area contributed by atoms with Crippen LogP contribution in [0.25, 0.3) is 0 Å². The van der Waals surface area contributed by atoms with E-state index in [0.717, 1.165) is 28.2 Å². The zero-order chi connectivity index (χ0) is 23.5. The Hall–Kier alpha value is -3.45. The fourth-order valence-corrected chi connectivity index (χ4v) is 6.14. The molecule has 2 aliphatic rings. The third-order valence-electron chi connectivity index (χ3n) is 6.80. The molecule has 1 aliphatic heterocycles. The highest BCUT2D eigenvalue weighted by Gasteiger charge is 2.54. The quantitative estimate of drug-likeness (QED) is 0.506. The summed E-state index contributed by atoms with van der Waals surface area (Å²) in [5, 5.41) is 7.77. The van der Waals surface area contributed by atoms with Crippen molar-refractivity contribution >= 4 is 29.2 Å². The van der Waals surface area contributed by atoms with Crippen molar-refractivity contribution in [1.82, 2.24) is 15.5 Å². The van der Waals surface area contributed by atoms with Crippen molar-refractivity contribution in [2.45, 2.75) is 37.1 Å². The average molecular weight is 474 g/mol. The Labute approximate surface area is 203 Å². The van der Waals surface area contributed by atoms with Gasteiger partial charge < -0.3 is 10.6 Å². The van der Waals surface area contributed by atoms with Gasteiger partial charge in [0.2, 0.25) is 5.91 Å². The SMILES string of the molecule is O=C(CN1C(=O)NC2(CCCc3sccc32)C1=O)NCCC(c1ccccc1)c1ccccc1. The van der Waals surface area contributed by atoms with Crippen molar-refractivity contribution in [2.75, 3.05) is 13.1 Å². The molecule has 0 radical (unpaired) electrons. The van der Waals surface area contributed by atoms with Crippen LogP contribution in [-0.2, 0) is 21.5 Å². The molecule has 1 atom stereocenters. The zero-order valence-corrected chi connectivity index (χ0v) is 19.6. The van der Waals surface area contributed by atoms with E-state index in [4.69, 9.17) is 0 Å². The van der Waals surface area contributed by atoms with E-state index in [1.54, 1.807) is 11.3 Å². The Morgan fingerprint density at radius 1 is 1.03 bits per heavy atom. The topological polar surface area (TPSA) is 78.5 Å². The van der Waals surface area contributed by atoms with E-state index in [1.165, 1.54) is 11.1 Å². The van der Waals surface area contributed by atoms with Crippen molar-refractivity contribution in [3.05, 3.63) is 93.7 Å². The standard InChI is InChI=1S/C27H27N3O3S/c31-24(28-16-13-21(19-8-3-1-4-9-19)20-10-5-2-6-11-20)18-30-25(32)27(29-26(30)33)15-7-12-23-22(27)14-17-34-23/h1-6,8-11,14,17,21H,7,12-13,15-16,18H2,(H,28,31)(H,29,33). The number of benzene rings is 2. The van der Waals surface area contributed by atoms with Crippen LogP contribution in [0.4, 0.5) is 4.79 Å². The number of carbonyl (C=O) groups is 3. The highest BCUT2D eigenvalue weighted by molar-refractivity contribution is 7.10. The third-order valence-corrected chi connectivity index (χ3v) is 7.78. The third kappa shape index (κ3) is 4.12. The van der Waals surface area contributed by atoms with Gasteiger partial charge in [-0.05, 0) is 48.3 Å². The van der Waals surface area contributed by atoms with Crippen molar-refractivity contribution < 1.29 is 14.4 Å². The van der Waals surface area contributed by atoms with Crippen LogP contribution in [0.1, 0.15) is 46.7 Å². The summed E-state index contributed by atoms with van der Waals surface area (Å²) in [6, 6.07) is 21.8. The smallest absolute Gasteiger partial charge is 0.325 e. The molecule has 1 unspecified atom stereocenters. The molecule has 2 N–H and O–H groups in total. The lowest BCUT2D eigenvalue weighted by Gasteiger charge is -2.31. The summed E-state index contributed by atoms with van der Waals surface area (Å²) in [4.78, 5) is 40.9. The van der Waals surface area contributed by atoms with Gasteiger partial charge >= 0.3 is 6.03 Å². The molecule has 7 heteroatoms. The number of hydrogen-bond donors (Lipinski definition) is 2. The van der Waals surface area contributed by atoms with Crippen LogP contribution in [0.15, 0.2) is 72.1 Å². The fourth-order valence-electron chi connectivity index (χ4n) is 5.14. The summed E-state index contributed by atoms with van der Waals surface area (Å²) in [6.45, 7) is 0.171. The second-order valence-corrected chi connectivity index (χ2v) is 9.85. The van der Waals surface area contributed by atoms with E-state index in [2.05, 4.69) is 34.9 Å². The second-order valence-electron chi connectivity index (χ2n) is 8.85. The van der Waals surface area contributed by atoms with Gasteiger partial charge in [-0.25, -0.2) is 4.79 Å². The minimum absolute atomic E-state index is 0.141. The highest BCUT2D eigenvalue weighted by atomic mass is 32.1. The van der Waals surface area contributed by atoms with Crippen LogP contribution in [0.3, 0.4) is 0 Å². The molecular formula is C27H27N3O3S. The maximum absolute atomic E-state index is 13.3. The van der Waals surface area contributed by atoms with Crippen molar-refractivity contribution in [1.29, 1.82) is 0 Å². The van der Waals surface area contributed by atoms with E-state index in [1.807, 2.05) is 47.8 Å². The molecule has 1 saturated heterocycles. The molecule has 2 heterocycles. The van der Waals surface area contributed by atoms with E-state index < -0.39 is 11.6 Å². The number of rotatable bonds is 7. The van der Waals surface area contributed by atoms with Gasteiger partial charge in [0.05, 0.1) is 0 Å². The Morgan fingerprint density at radius 3 is 2.38 bits per heavy atom. The Bertz CT molecular complexity index is 1150. The summed E-state index contributed by atoms with van der Waals surface area (Å²) in [5.41, 5.74) is 2.24. The Balaban J connectivity index is 1.23. The molecule has 1 spiro atoms. The maximum atomic E-state index is 13.3. The number of aryl methyl sites for hydroxylation is 1.